The molecule has 1 aromatic heterocycles. The molecule has 2 unspecified atom stereocenters. The lowest BCUT2D eigenvalue weighted by Gasteiger charge is -2.23. The van der Waals surface area contributed by atoms with Gasteiger partial charge in [0.2, 0.25) is 0 Å². The summed E-state index contributed by atoms with van der Waals surface area (Å²) in [6, 6.07) is 12.8. The molecule has 0 radical (unpaired) electrons. The van der Waals surface area contributed by atoms with E-state index in [4.69, 9.17) is 4.74 Å². The number of aromatic nitrogens is 1. The molecule has 2 atom stereocenters. The summed E-state index contributed by atoms with van der Waals surface area (Å²) in [4.78, 5) is 4.44. The summed E-state index contributed by atoms with van der Waals surface area (Å²) >= 11 is 3.51. The maximum absolute atomic E-state index is 5.86. The van der Waals surface area contributed by atoms with Gasteiger partial charge in [-0.2, -0.15) is 0 Å². The van der Waals surface area contributed by atoms with Crippen LogP contribution in [0.25, 0.3) is 0 Å². The summed E-state index contributed by atoms with van der Waals surface area (Å²) in [5, 5.41) is 3.69. The lowest BCUT2D eigenvalue weighted by molar-refractivity contribution is 0.314. The van der Waals surface area contributed by atoms with Crippen LogP contribution < -0.4 is 10.1 Å². The van der Waals surface area contributed by atoms with E-state index in [0.717, 1.165) is 35.4 Å². The highest BCUT2D eigenvalue weighted by atomic mass is 79.9. The molecule has 2 heterocycles. The maximum atomic E-state index is 5.86. The number of halogens is 1. The second-order valence-corrected chi connectivity index (χ2v) is 6.28. The highest BCUT2D eigenvalue weighted by Gasteiger charge is 2.22. The fraction of sp³-hybridized carbons (Fsp3) is 0.353. The van der Waals surface area contributed by atoms with E-state index >= 15 is 0 Å². The van der Waals surface area contributed by atoms with Gasteiger partial charge in [-0.25, -0.2) is 0 Å². The summed E-state index contributed by atoms with van der Waals surface area (Å²) in [6.07, 6.45) is 3.97. The first-order valence-corrected chi connectivity index (χ1v) is 8.12. The molecule has 0 bridgehead atoms. The van der Waals surface area contributed by atoms with Gasteiger partial charge < -0.3 is 10.1 Å². The molecule has 0 saturated heterocycles. The van der Waals surface area contributed by atoms with E-state index in [1.165, 1.54) is 5.56 Å². The molecule has 1 aromatic carbocycles. The fourth-order valence-corrected chi connectivity index (χ4v) is 3.08. The van der Waals surface area contributed by atoms with E-state index in [1.807, 2.05) is 18.3 Å². The summed E-state index contributed by atoms with van der Waals surface area (Å²) in [5.41, 5.74) is 2.31. The molecule has 1 aliphatic heterocycles. The SMILES string of the molecule is CC(NC1CCCOc2cc(Br)ccc21)c1ccccn1. The number of benzene rings is 1. The fourth-order valence-electron chi connectivity index (χ4n) is 2.74. The van der Waals surface area contributed by atoms with Crippen molar-refractivity contribution in [2.75, 3.05) is 6.61 Å². The van der Waals surface area contributed by atoms with Crippen LogP contribution in [0.2, 0.25) is 0 Å². The molecule has 0 spiro atoms. The number of pyridine rings is 1. The zero-order valence-electron chi connectivity index (χ0n) is 12.1. The van der Waals surface area contributed by atoms with Crippen LogP contribution in [0.15, 0.2) is 47.1 Å². The van der Waals surface area contributed by atoms with Crippen molar-refractivity contribution in [1.82, 2.24) is 10.3 Å². The van der Waals surface area contributed by atoms with Crippen molar-refractivity contribution in [3.8, 4) is 5.75 Å². The number of hydrogen-bond acceptors (Lipinski definition) is 3. The van der Waals surface area contributed by atoms with E-state index in [2.05, 4.69) is 57.4 Å². The van der Waals surface area contributed by atoms with Gasteiger partial charge in [-0.1, -0.05) is 28.1 Å². The molecule has 0 aliphatic carbocycles. The molecule has 0 amide bonds. The normalized spacial score (nSPS) is 19.2. The third kappa shape index (κ3) is 3.44. The largest absolute Gasteiger partial charge is 0.493 e. The van der Waals surface area contributed by atoms with Gasteiger partial charge in [0, 0.05) is 28.3 Å². The quantitative estimate of drug-likeness (QED) is 0.893. The van der Waals surface area contributed by atoms with E-state index in [9.17, 15) is 0 Å². The molecule has 1 aliphatic rings. The van der Waals surface area contributed by atoms with E-state index in [-0.39, 0.29) is 6.04 Å². The van der Waals surface area contributed by atoms with Crippen molar-refractivity contribution < 1.29 is 4.74 Å². The number of ether oxygens (including phenoxy) is 1. The van der Waals surface area contributed by atoms with Crippen LogP contribution >= 0.6 is 15.9 Å². The van der Waals surface area contributed by atoms with Gasteiger partial charge in [0.15, 0.2) is 0 Å². The summed E-state index contributed by atoms with van der Waals surface area (Å²) in [5.74, 6) is 0.979. The van der Waals surface area contributed by atoms with Gasteiger partial charge in [-0.3, -0.25) is 4.98 Å². The molecule has 2 aromatic rings. The summed E-state index contributed by atoms with van der Waals surface area (Å²) < 4.78 is 6.92. The molecular formula is C17H19BrN2O. The van der Waals surface area contributed by atoms with Crippen molar-refractivity contribution in [2.24, 2.45) is 0 Å². The molecule has 3 nitrogen and oxygen atoms in total. The van der Waals surface area contributed by atoms with Crippen LogP contribution in [-0.2, 0) is 0 Å². The van der Waals surface area contributed by atoms with E-state index in [1.54, 1.807) is 0 Å². The Labute approximate surface area is 133 Å². The van der Waals surface area contributed by atoms with Crippen LogP contribution in [0.5, 0.6) is 5.75 Å². The summed E-state index contributed by atoms with van der Waals surface area (Å²) in [7, 11) is 0. The van der Waals surface area contributed by atoms with Crippen LogP contribution in [0, 0.1) is 0 Å². The average molecular weight is 347 g/mol. The predicted octanol–water partition coefficient (Wildman–Crippen LogP) is 4.41. The van der Waals surface area contributed by atoms with Crippen LogP contribution in [0.1, 0.15) is 43.1 Å². The lowest BCUT2D eigenvalue weighted by Crippen LogP contribution is -2.25. The number of nitrogens with zero attached hydrogens (tertiary/aromatic N) is 1. The van der Waals surface area contributed by atoms with Crippen LogP contribution in [0.4, 0.5) is 0 Å². The Hall–Kier alpha value is -1.39. The molecule has 4 heteroatoms. The average Bonchev–Trinajstić information content (AvgIpc) is 2.70. The monoisotopic (exact) mass is 346 g/mol. The second-order valence-electron chi connectivity index (χ2n) is 5.37. The van der Waals surface area contributed by atoms with Crippen molar-refractivity contribution in [3.05, 3.63) is 58.3 Å². The number of fused-ring (bicyclic) bond motifs is 1. The van der Waals surface area contributed by atoms with E-state index in [0.29, 0.717) is 6.04 Å². The van der Waals surface area contributed by atoms with Gasteiger partial charge in [-0.05, 0) is 44.0 Å². The first-order valence-electron chi connectivity index (χ1n) is 7.33. The number of nitrogens with one attached hydrogen (secondary N) is 1. The Bertz CT molecular complexity index is 603. The molecule has 1 N–H and O–H groups in total. The lowest BCUT2D eigenvalue weighted by atomic mass is 10.0. The Kier molecular flexibility index (Phi) is 4.56. The first kappa shape index (κ1) is 14.5. The minimum absolute atomic E-state index is 0.214. The highest BCUT2D eigenvalue weighted by molar-refractivity contribution is 9.10. The van der Waals surface area contributed by atoms with Gasteiger partial charge in [-0.15, -0.1) is 0 Å². The Morgan fingerprint density at radius 2 is 2.24 bits per heavy atom. The zero-order chi connectivity index (χ0) is 14.7. The first-order chi connectivity index (χ1) is 10.2. The molecular weight excluding hydrogens is 328 g/mol. The van der Waals surface area contributed by atoms with Gasteiger partial charge >= 0.3 is 0 Å². The molecule has 0 fully saturated rings. The zero-order valence-corrected chi connectivity index (χ0v) is 13.6. The Balaban J connectivity index is 1.82. The minimum Gasteiger partial charge on any atom is -0.493 e. The number of rotatable bonds is 3. The van der Waals surface area contributed by atoms with Crippen molar-refractivity contribution in [1.29, 1.82) is 0 Å². The van der Waals surface area contributed by atoms with Gasteiger partial charge in [0.25, 0.3) is 0 Å². The topological polar surface area (TPSA) is 34.1 Å². The predicted molar refractivity (Wildman–Crippen MR) is 87.4 cm³/mol. The molecule has 0 saturated carbocycles. The number of hydrogen-bond donors (Lipinski definition) is 1. The Morgan fingerprint density at radius 3 is 3.05 bits per heavy atom. The molecule has 3 rings (SSSR count). The van der Waals surface area contributed by atoms with Crippen molar-refractivity contribution in [2.45, 2.75) is 31.8 Å². The standard InChI is InChI=1S/C17H19BrN2O/c1-12(15-5-2-3-9-19-15)20-16-6-4-10-21-17-11-13(18)7-8-14(16)17/h2-3,5,7-9,11-12,16,20H,4,6,10H2,1H3. The van der Waals surface area contributed by atoms with Gasteiger partial charge in [0.1, 0.15) is 5.75 Å². The van der Waals surface area contributed by atoms with Crippen LogP contribution in [-0.4, -0.2) is 11.6 Å². The van der Waals surface area contributed by atoms with Crippen molar-refractivity contribution in [3.63, 3.8) is 0 Å². The van der Waals surface area contributed by atoms with E-state index < -0.39 is 0 Å². The third-order valence-corrected chi connectivity index (χ3v) is 4.32. The highest BCUT2D eigenvalue weighted by Crippen LogP contribution is 2.34. The Morgan fingerprint density at radius 1 is 1.33 bits per heavy atom. The maximum Gasteiger partial charge on any atom is 0.125 e. The molecule has 21 heavy (non-hydrogen) atoms. The third-order valence-electron chi connectivity index (χ3n) is 3.83. The summed E-state index contributed by atoms with van der Waals surface area (Å²) in [6.45, 7) is 2.94. The molecule has 110 valence electrons. The smallest absolute Gasteiger partial charge is 0.125 e. The second kappa shape index (κ2) is 6.58. The minimum atomic E-state index is 0.214. The van der Waals surface area contributed by atoms with Crippen LogP contribution in [0.3, 0.4) is 0 Å². The van der Waals surface area contributed by atoms with Crippen molar-refractivity contribution >= 4 is 15.9 Å². The van der Waals surface area contributed by atoms with Gasteiger partial charge in [0.05, 0.1) is 12.3 Å².